The topological polar surface area (TPSA) is 106 Å². The average Bonchev–Trinajstić information content (AvgIpc) is 2.17. The van der Waals surface area contributed by atoms with Gasteiger partial charge < -0.3 is 5.73 Å². The molecular formula is C10H15BrN2O4S2. The summed E-state index contributed by atoms with van der Waals surface area (Å²) in [5, 5.41) is 0. The quantitative estimate of drug-likeness (QED) is 0.743. The number of nitrogens with two attached hydrogens (primary N) is 1. The predicted molar refractivity (Wildman–Crippen MR) is 78.0 cm³/mol. The lowest BCUT2D eigenvalue weighted by Gasteiger charge is -2.13. The van der Waals surface area contributed by atoms with E-state index in [4.69, 9.17) is 5.73 Å². The van der Waals surface area contributed by atoms with Crippen LogP contribution in [0.2, 0.25) is 0 Å². The Hall–Kier alpha value is -0.640. The maximum Gasteiger partial charge on any atom is 0.240 e. The molecule has 0 aromatic heterocycles. The summed E-state index contributed by atoms with van der Waals surface area (Å²) in [6, 6.07) is 3.47. The van der Waals surface area contributed by atoms with E-state index in [2.05, 4.69) is 20.7 Å². The van der Waals surface area contributed by atoms with Gasteiger partial charge in [0, 0.05) is 22.5 Å². The second-order valence-electron chi connectivity index (χ2n) is 4.30. The van der Waals surface area contributed by atoms with E-state index in [1.165, 1.54) is 25.1 Å². The lowest BCUT2D eigenvalue weighted by atomic mass is 10.3. The Morgan fingerprint density at radius 1 is 1.32 bits per heavy atom. The zero-order valence-electron chi connectivity index (χ0n) is 10.4. The van der Waals surface area contributed by atoms with Gasteiger partial charge in [0.1, 0.15) is 9.84 Å². The average molecular weight is 371 g/mol. The number of anilines is 1. The van der Waals surface area contributed by atoms with E-state index in [1.807, 2.05) is 0 Å². The summed E-state index contributed by atoms with van der Waals surface area (Å²) in [5.41, 5.74) is 5.99. The lowest BCUT2D eigenvalue weighted by molar-refractivity contribution is 0.564. The van der Waals surface area contributed by atoms with Crippen LogP contribution >= 0.6 is 15.9 Å². The van der Waals surface area contributed by atoms with E-state index in [0.717, 1.165) is 6.26 Å². The number of nitrogens with one attached hydrogen (secondary N) is 1. The molecule has 1 rings (SSSR count). The summed E-state index contributed by atoms with van der Waals surface area (Å²) in [6.45, 7) is 1.49. The number of sulfonamides is 1. The molecule has 19 heavy (non-hydrogen) atoms. The maximum atomic E-state index is 12.0. The molecule has 0 spiro atoms. The lowest BCUT2D eigenvalue weighted by Crippen LogP contribution is -2.37. The molecule has 0 amide bonds. The molecule has 1 unspecified atom stereocenters. The molecule has 1 aromatic rings. The fourth-order valence-electron chi connectivity index (χ4n) is 1.50. The molecule has 0 bridgehead atoms. The monoisotopic (exact) mass is 370 g/mol. The van der Waals surface area contributed by atoms with Crippen LogP contribution in [0, 0.1) is 0 Å². The van der Waals surface area contributed by atoms with E-state index < -0.39 is 25.9 Å². The molecule has 1 aromatic carbocycles. The Morgan fingerprint density at radius 3 is 2.37 bits per heavy atom. The van der Waals surface area contributed by atoms with Crippen molar-refractivity contribution in [3.63, 3.8) is 0 Å². The zero-order chi connectivity index (χ0) is 14.8. The van der Waals surface area contributed by atoms with Gasteiger partial charge in [-0.2, -0.15) is 0 Å². The minimum Gasteiger partial charge on any atom is -0.398 e. The molecule has 0 fully saturated rings. The molecule has 0 aliphatic carbocycles. The van der Waals surface area contributed by atoms with Gasteiger partial charge in [0.05, 0.1) is 10.6 Å². The summed E-state index contributed by atoms with van der Waals surface area (Å²) in [7, 11) is -7.02. The van der Waals surface area contributed by atoms with Crippen molar-refractivity contribution in [2.75, 3.05) is 17.7 Å². The normalized spacial score (nSPS) is 14.3. The summed E-state index contributed by atoms with van der Waals surface area (Å²) < 4.78 is 49.0. The first-order valence-electron chi connectivity index (χ1n) is 5.26. The van der Waals surface area contributed by atoms with Gasteiger partial charge >= 0.3 is 0 Å². The highest BCUT2D eigenvalue weighted by Gasteiger charge is 2.20. The van der Waals surface area contributed by atoms with E-state index in [9.17, 15) is 16.8 Å². The molecule has 0 radical (unpaired) electrons. The van der Waals surface area contributed by atoms with Crippen LogP contribution in [0.25, 0.3) is 0 Å². The van der Waals surface area contributed by atoms with Crippen molar-refractivity contribution < 1.29 is 16.8 Å². The fourth-order valence-corrected chi connectivity index (χ4v) is 4.39. The van der Waals surface area contributed by atoms with Crippen LogP contribution in [0.4, 0.5) is 5.69 Å². The number of rotatable bonds is 5. The highest BCUT2D eigenvalue weighted by Crippen LogP contribution is 2.23. The summed E-state index contributed by atoms with van der Waals surface area (Å²) in [6.07, 6.45) is 1.05. The van der Waals surface area contributed by atoms with Crippen molar-refractivity contribution in [3.8, 4) is 0 Å². The number of nitrogen functional groups attached to an aromatic ring is 1. The third-order valence-electron chi connectivity index (χ3n) is 2.19. The molecule has 3 N–H and O–H groups in total. The first kappa shape index (κ1) is 16.4. The Bertz CT molecular complexity index is 671. The minimum absolute atomic E-state index is 0.0222. The highest BCUT2D eigenvalue weighted by atomic mass is 79.9. The Kier molecular flexibility index (Phi) is 4.99. The van der Waals surface area contributed by atoms with Gasteiger partial charge in [-0.25, -0.2) is 21.6 Å². The van der Waals surface area contributed by atoms with Crippen LogP contribution in [0.5, 0.6) is 0 Å². The second-order valence-corrected chi connectivity index (χ2v) is 9.05. The van der Waals surface area contributed by atoms with Crippen LogP contribution in [-0.2, 0) is 19.9 Å². The minimum atomic E-state index is -3.77. The summed E-state index contributed by atoms with van der Waals surface area (Å²) >= 11 is 3.14. The van der Waals surface area contributed by atoms with Crippen molar-refractivity contribution in [2.45, 2.75) is 17.9 Å². The van der Waals surface area contributed by atoms with Gasteiger partial charge in [-0.15, -0.1) is 0 Å². The highest BCUT2D eigenvalue weighted by molar-refractivity contribution is 9.10. The van der Waals surface area contributed by atoms with Crippen LogP contribution in [0.15, 0.2) is 27.6 Å². The number of hydrogen-bond acceptors (Lipinski definition) is 5. The van der Waals surface area contributed by atoms with Gasteiger partial charge in [0.15, 0.2) is 0 Å². The van der Waals surface area contributed by atoms with Crippen molar-refractivity contribution in [1.29, 1.82) is 0 Å². The van der Waals surface area contributed by atoms with Crippen LogP contribution in [-0.4, -0.2) is 34.9 Å². The Balaban J connectivity index is 2.95. The number of sulfone groups is 1. The molecule has 6 nitrogen and oxygen atoms in total. The first-order chi connectivity index (χ1) is 8.51. The van der Waals surface area contributed by atoms with Crippen molar-refractivity contribution in [3.05, 3.63) is 22.7 Å². The van der Waals surface area contributed by atoms with Crippen molar-refractivity contribution in [1.82, 2.24) is 4.72 Å². The van der Waals surface area contributed by atoms with E-state index in [1.54, 1.807) is 0 Å². The molecule has 108 valence electrons. The molecule has 0 heterocycles. The van der Waals surface area contributed by atoms with Gasteiger partial charge in [0.2, 0.25) is 10.0 Å². The smallest absolute Gasteiger partial charge is 0.240 e. The number of benzene rings is 1. The van der Waals surface area contributed by atoms with E-state index in [-0.39, 0.29) is 10.6 Å². The van der Waals surface area contributed by atoms with Crippen LogP contribution < -0.4 is 10.5 Å². The third kappa shape index (κ3) is 5.09. The molecular weight excluding hydrogens is 356 g/mol. The van der Waals surface area contributed by atoms with E-state index in [0.29, 0.717) is 10.2 Å². The molecule has 9 heteroatoms. The fraction of sp³-hybridized carbons (Fsp3) is 0.400. The molecule has 0 aliphatic rings. The third-order valence-corrected chi connectivity index (χ3v) is 5.57. The van der Waals surface area contributed by atoms with Crippen LogP contribution in [0.1, 0.15) is 6.92 Å². The first-order valence-corrected chi connectivity index (χ1v) is 9.60. The number of hydrogen-bond donors (Lipinski definition) is 2. The standard InChI is InChI=1S/C10H15BrN2O4S2/c1-7(6-18(2,14)15)13-19(16,17)8-3-4-10(12)9(11)5-8/h3-5,7,13H,6,12H2,1-2H3. The molecule has 0 saturated carbocycles. The predicted octanol–water partition coefficient (Wildman–Crippen LogP) is 0.743. The van der Waals surface area contributed by atoms with Crippen molar-refractivity contribution in [2.24, 2.45) is 0 Å². The van der Waals surface area contributed by atoms with E-state index >= 15 is 0 Å². The van der Waals surface area contributed by atoms with Crippen molar-refractivity contribution >= 4 is 41.5 Å². The van der Waals surface area contributed by atoms with Crippen LogP contribution in [0.3, 0.4) is 0 Å². The maximum absolute atomic E-state index is 12.0. The summed E-state index contributed by atoms with van der Waals surface area (Å²) in [5.74, 6) is -0.262. The SMILES string of the molecule is CC(CS(C)(=O)=O)NS(=O)(=O)c1ccc(N)c(Br)c1. The molecule has 1 atom stereocenters. The van der Waals surface area contributed by atoms with Gasteiger partial charge in [-0.1, -0.05) is 0 Å². The molecule has 0 saturated heterocycles. The van der Waals surface area contributed by atoms with Gasteiger partial charge in [0.25, 0.3) is 0 Å². The van der Waals surface area contributed by atoms with Gasteiger partial charge in [-0.3, -0.25) is 0 Å². The number of halogens is 1. The Labute approximate surface area is 121 Å². The Morgan fingerprint density at radius 2 is 1.89 bits per heavy atom. The summed E-state index contributed by atoms with van der Waals surface area (Å²) in [4.78, 5) is 0.0222. The zero-order valence-corrected chi connectivity index (χ0v) is 13.6. The molecule has 0 aliphatic heterocycles. The largest absolute Gasteiger partial charge is 0.398 e. The van der Waals surface area contributed by atoms with Gasteiger partial charge in [-0.05, 0) is 41.1 Å². The second kappa shape index (κ2) is 5.78.